The van der Waals surface area contributed by atoms with Gasteiger partial charge in [-0.3, -0.25) is 0 Å². The van der Waals surface area contributed by atoms with Crippen molar-refractivity contribution in [2.24, 2.45) is 0 Å². The molecule has 0 fully saturated rings. The van der Waals surface area contributed by atoms with Crippen molar-refractivity contribution >= 4 is 27.6 Å². The Balaban J connectivity index is 1.48. The number of aromatic nitrogens is 1. The van der Waals surface area contributed by atoms with Gasteiger partial charge < -0.3 is 14.5 Å². The maximum atomic E-state index is 12.5. The van der Waals surface area contributed by atoms with Crippen molar-refractivity contribution in [1.29, 1.82) is 0 Å². The monoisotopic (exact) mass is 384 g/mol. The number of carbonyl (C=O) groups excluding carboxylic acids is 1. The van der Waals surface area contributed by atoms with E-state index in [0.29, 0.717) is 10.2 Å². The van der Waals surface area contributed by atoms with Crippen LogP contribution in [0.25, 0.3) is 10.2 Å². The quantitative estimate of drug-likeness (QED) is 0.732. The van der Waals surface area contributed by atoms with Gasteiger partial charge in [-0.25, -0.2) is 14.6 Å². The molecular weight excluding hydrogens is 364 g/mol. The van der Waals surface area contributed by atoms with Crippen LogP contribution >= 0.6 is 11.3 Å². The number of alkyl carbamates (subject to hydrolysis) is 1. The number of amides is 1. The number of hydrogen-bond donors (Lipinski definition) is 1. The van der Waals surface area contributed by atoms with Crippen LogP contribution in [0.3, 0.4) is 0 Å². The third kappa shape index (κ3) is 3.73. The van der Waals surface area contributed by atoms with Gasteiger partial charge in [0.2, 0.25) is 5.89 Å². The SMILES string of the molecule is C[C@H](NC(=O)OCc1ccccc1)c1nc2sc3c(c2c(=O)o1)CCCC3. The molecule has 2 heterocycles. The fourth-order valence-electron chi connectivity index (χ4n) is 3.30. The minimum atomic E-state index is -0.582. The molecule has 2 aromatic heterocycles. The van der Waals surface area contributed by atoms with E-state index in [4.69, 9.17) is 9.15 Å². The maximum absolute atomic E-state index is 12.5. The normalized spacial score (nSPS) is 14.6. The number of fused-ring (bicyclic) bond motifs is 3. The number of carbonyl (C=O) groups is 1. The first kappa shape index (κ1) is 17.7. The molecular formula is C20H20N2O4S. The number of nitrogens with zero attached hydrogens (tertiary/aromatic N) is 1. The van der Waals surface area contributed by atoms with E-state index >= 15 is 0 Å². The van der Waals surface area contributed by atoms with Gasteiger partial charge in [0.1, 0.15) is 22.9 Å². The molecule has 0 saturated heterocycles. The van der Waals surface area contributed by atoms with Crippen LogP contribution in [0.5, 0.6) is 0 Å². The van der Waals surface area contributed by atoms with Gasteiger partial charge in [0.25, 0.3) is 0 Å². The third-order valence-corrected chi connectivity index (χ3v) is 5.87. The molecule has 1 N–H and O–H groups in total. The lowest BCUT2D eigenvalue weighted by molar-refractivity contribution is 0.134. The maximum Gasteiger partial charge on any atom is 0.408 e. The molecule has 0 radical (unpaired) electrons. The lowest BCUT2D eigenvalue weighted by Crippen LogP contribution is -2.28. The van der Waals surface area contributed by atoms with E-state index in [-0.39, 0.29) is 18.1 Å². The fraction of sp³-hybridized carbons (Fsp3) is 0.350. The highest BCUT2D eigenvalue weighted by atomic mass is 32.1. The Hall–Kier alpha value is -2.67. The highest BCUT2D eigenvalue weighted by Crippen LogP contribution is 2.34. The van der Waals surface area contributed by atoms with E-state index in [1.54, 1.807) is 18.3 Å². The summed E-state index contributed by atoms with van der Waals surface area (Å²) in [6.45, 7) is 1.89. The van der Waals surface area contributed by atoms with Crippen LogP contribution in [0.1, 0.15) is 47.7 Å². The summed E-state index contributed by atoms with van der Waals surface area (Å²) in [5.41, 5.74) is 1.62. The molecule has 3 aromatic rings. The highest BCUT2D eigenvalue weighted by molar-refractivity contribution is 7.18. The van der Waals surface area contributed by atoms with Gasteiger partial charge in [0.05, 0.1) is 0 Å². The minimum Gasteiger partial charge on any atom is -0.445 e. The molecule has 6 nitrogen and oxygen atoms in total. The first-order chi connectivity index (χ1) is 13.1. The van der Waals surface area contributed by atoms with Gasteiger partial charge in [-0.15, -0.1) is 11.3 Å². The number of nitrogens with one attached hydrogen (secondary N) is 1. The second-order valence-corrected chi connectivity index (χ2v) is 7.74. The first-order valence-corrected chi connectivity index (χ1v) is 9.86. The minimum absolute atomic E-state index is 0.174. The fourth-order valence-corrected chi connectivity index (χ4v) is 4.55. The summed E-state index contributed by atoms with van der Waals surface area (Å²) < 4.78 is 10.6. The molecule has 1 aromatic carbocycles. The molecule has 27 heavy (non-hydrogen) atoms. The van der Waals surface area contributed by atoms with Crippen LogP contribution in [0.2, 0.25) is 0 Å². The topological polar surface area (TPSA) is 81.4 Å². The molecule has 7 heteroatoms. The van der Waals surface area contributed by atoms with Crippen molar-refractivity contribution in [3.63, 3.8) is 0 Å². The van der Waals surface area contributed by atoms with Crippen molar-refractivity contribution in [1.82, 2.24) is 10.3 Å². The smallest absolute Gasteiger partial charge is 0.408 e. The number of hydrogen-bond acceptors (Lipinski definition) is 6. The van der Waals surface area contributed by atoms with E-state index in [9.17, 15) is 9.59 Å². The van der Waals surface area contributed by atoms with Gasteiger partial charge in [0, 0.05) is 4.88 Å². The molecule has 0 bridgehead atoms. The summed E-state index contributed by atoms with van der Waals surface area (Å²) in [4.78, 5) is 30.9. The Kier molecular flexibility index (Phi) is 4.94. The van der Waals surface area contributed by atoms with E-state index in [2.05, 4.69) is 10.3 Å². The van der Waals surface area contributed by atoms with Crippen LogP contribution in [0, 0.1) is 0 Å². The average Bonchev–Trinajstić information content (AvgIpc) is 3.06. The number of rotatable bonds is 4. The van der Waals surface area contributed by atoms with Gasteiger partial charge >= 0.3 is 11.7 Å². The van der Waals surface area contributed by atoms with Crippen molar-refractivity contribution in [2.45, 2.75) is 45.3 Å². The zero-order valence-electron chi connectivity index (χ0n) is 15.0. The zero-order chi connectivity index (χ0) is 18.8. The molecule has 140 valence electrons. The molecule has 1 aliphatic carbocycles. The van der Waals surface area contributed by atoms with Crippen molar-refractivity contribution in [3.05, 3.63) is 62.6 Å². The molecule has 4 rings (SSSR count). The highest BCUT2D eigenvalue weighted by Gasteiger charge is 2.23. The molecule has 1 atom stereocenters. The summed E-state index contributed by atoms with van der Waals surface area (Å²) in [5, 5.41) is 3.28. The summed E-state index contributed by atoms with van der Waals surface area (Å²) >= 11 is 1.56. The van der Waals surface area contributed by atoms with Crippen LogP contribution in [0.15, 0.2) is 39.5 Å². The van der Waals surface area contributed by atoms with Crippen LogP contribution < -0.4 is 10.9 Å². The molecule has 0 unspecified atom stereocenters. The Labute approximate surface area is 160 Å². The van der Waals surface area contributed by atoms with E-state index in [0.717, 1.165) is 36.8 Å². The number of thiophene rings is 1. The van der Waals surface area contributed by atoms with Crippen LogP contribution in [-0.4, -0.2) is 11.1 Å². The summed E-state index contributed by atoms with van der Waals surface area (Å²) in [6.07, 6.45) is 3.54. The lowest BCUT2D eigenvalue weighted by atomic mass is 9.97. The molecule has 0 spiro atoms. The molecule has 0 saturated carbocycles. The largest absolute Gasteiger partial charge is 0.445 e. The Bertz CT molecular complexity index is 1030. The van der Waals surface area contributed by atoms with E-state index < -0.39 is 12.1 Å². The standard InChI is InChI=1S/C20H20N2O4S/c1-12(21-20(24)25-11-13-7-3-2-4-8-13)17-22-18-16(19(23)26-17)14-9-5-6-10-15(14)27-18/h2-4,7-8,12H,5-6,9-11H2,1H3,(H,21,24)/t12-/m0/s1. The molecule has 0 aliphatic heterocycles. The summed E-state index contributed by atoms with van der Waals surface area (Å²) in [7, 11) is 0. The van der Waals surface area contributed by atoms with Crippen LogP contribution in [0.4, 0.5) is 4.79 Å². The third-order valence-electron chi connectivity index (χ3n) is 4.68. The second kappa shape index (κ2) is 7.52. The van der Waals surface area contributed by atoms with Crippen LogP contribution in [-0.2, 0) is 24.2 Å². The van der Waals surface area contributed by atoms with E-state index in [1.807, 2.05) is 30.3 Å². The summed E-state index contributed by atoms with van der Waals surface area (Å²) in [5.74, 6) is 0.197. The van der Waals surface area contributed by atoms with Gasteiger partial charge in [-0.05, 0) is 43.7 Å². The van der Waals surface area contributed by atoms with Gasteiger partial charge in [-0.1, -0.05) is 30.3 Å². The zero-order valence-corrected chi connectivity index (χ0v) is 15.8. The average molecular weight is 384 g/mol. The predicted octanol–water partition coefficient (Wildman–Crippen LogP) is 4.12. The first-order valence-electron chi connectivity index (χ1n) is 9.04. The van der Waals surface area contributed by atoms with Crippen molar-refractivity contribution in [2.75, 3.05) is 0 Å². The van der Waals surface area contributed by atoms with Gasteiger partial charge in [-0.2, -0.15) is 0 Å². The second-order valence-electron chi connectivity index (χ2n) is 6.66. The Morgan fingerprint density at radius 2 is 2.07 bits per heavy atom. The Morgan fingerprint density at radius 1 is 1.30 bits per heavy atom. The number of aryl methyl sites for hydroxylation is 2. The van der Waals surface area contributed by atoms with Crippen molar-refractivity contribution < 1.29 is 13.9 Å². The lowest BCUT2D eigenvalue weighted by Gasteiger charge is -2.12. The summed E-state index contributed by atoms with van der Waals surface area (Å²) in [6, 6.07) is 8.86. The van der Waals surface area contributed by atoms with Gasteiger partial charge in [0.15, 0.2) is 0 Å². The molecule has 1 amide bonds. The van der Waals surface area contributed by atoms with E-state index in [1.165, 1.54) is 4.88 Å². The van der Waals surface area contributed by atoms with Crippen molar-refractivity contribution in [3.8, 4) is 0 Å². The predicted molar refractivity (Wildman–Crippen MR) is 103 cm³/mol. The number of ether oxygens (including phenoxy) is 1. The number of benzene rings is 1. The Morgan fingerprint density at radius 3 is 2.89 bits per heavy atom. The molecule has 1 aliphatic rings.